The average Bonchev–Trinajstić information content (AvgIpc) is 2.17. The lowest BCUT2D eigenvalue weighted by molar-refractivity contribution is -0.108. The molecule has 0 saturated carbocycles. The molecule has 2 rings (SSSR count). The van der Waals surface area contributed by atoms with Crippen LogP contribution >= 0.6 is 0 Å². The summed E-state index contributed by atoms with van der Waals surface area (Å²) in [7, 11) is 0. The lowest BCUT2D eigenvalue weighted by Crippen LogP contribution is -2.36. The molecule has 0 amide bonds. The number of anilines is 1. The van der Waals surface area contributed by atoms with E-state index in [1.54, 1.807) is 0 Å². The summed E-state index contributed by atoms with van der Waals surface area (Å²) in [6, 6.07) is 8.16. The second-order valence-electron chi connectivity index (χ2n) is 4.52. The van der Waals surface area contributed by atoms with Crippen LogP contribution in [-0.2, 0) is 10.2 Å². The topological polar surface area (TPSA) is 29.1 Å². The molecule has 1 aromatic carbocycles. The number of aldehydes is 1. The molecular formula is C12H15NO. The van der Waals surface area contributed by atoms with Crippen molar-refractivity contribution in [2.24, 2.45) is 0 Å². The molecule has 0 bridgehead atoms. The van der Waals surface area contributed by atoms with E-state index >= 15 is 0 Å². The average molecular weight is 189 g/mol. The minimum absolute atomic E-state index is 0.0418. The second-order valence-corrected chi connectivity index (χ2v) is 4.52. The number of benzene rings is 1. The van der Waals surface area contributed by atoms with Crippen LogP contribution in [-0.4, -0.2) is 12.3 Å². The van der Waals surface area contributed by atoms with E-state index in [4.69, 9.17) is 0 Å². The summed E-state index contributed by atoms with van der Waals surface area (Å²) in [5, 5.41) is 3.23. The van der Waals surface area contributed by atoms with E-state index < -0.39 is 0 Å². The fraction of sp³-hybridized carbons (Fsp3) is 0.417. The molecule has 2 nitrogen and oxygen atoms in total. The van der Waals surface area contributed by atoms with Gasteiger partial charge < -0.3 is 10.1 Å². The SMILES string of the molecule is CC1(C)CC(C=O)Nc2ccccc21. The first-order chi connectivity index (χ1) is 6.63. The Labute approximate surface area is 84.3 Å². The highest BCUT2D eigenvalue weighted by atomic mass is 16.1. The molecular weight excluding hydrogens is 174 g/mol. The number of hydrogen-bond acceptors (Lipinski definition) is 2. The highest BCUT2D eigenvalue weighted by Gasteiger charge is 2.31. The van der Waals surface area contributed by atoms with Crippen LogP contribution in [0.5, 0.6) is 0 Å². The quantitative estimate of drug-likeness (QED) is 0.687. The van der Waals surface area contributed by atoms with Gasteiger partial charge in [-0.25, -0.2) is 0 Å². The molecule has 0 radical (unpaired) electrons. The molecule has 1 aliphatic heterocycles. The molecule has 0 aromatic heterocycles. The number of para-hydroxylation sites is 1. The first-order valence-corrected chi connectivity index (χ1v) is 4.95. The maximum atomic E-state index is 10.8. The minimum atomic E-state index is -0.0418. The summed E-state index contributed by atoms with van der Waals surface area (Å²) in [6.45, 7) is 4.37. The van der Waals surface area contributed by atoms with Crippen molar-refractivity contribution in [3.05, 3.63) is 29.8 Å². The summed E-state index contributed by atoms with van der Waals surface area (Å²) in [6.07, 6.45) is 1.87. The second kappa shape index (κ2) is 3.12. The van der Waals surface area contributed by atoms with Crippen molar-refractivity contribution in [3.63, 3.8) is 0 Å². The van der Waals surface area contributed by atoms with Crippen LogP contribution in [0.25, 0.3) is 0 Å². The Balaban J connectivity index is 2.46. The molecule has 1 aliphatic rings. The molecule has 14 heavy (non-hydrogen) atoms. The van der Waals surface area contributed by atoms with E-state index in [0.717, 1.165) is 18.4 Å². The Hall–Kier alpha value is -1.31. The zero-order valence-corrected chi connectivity index (χ0v) is 8.58. The van der Waals surface area contributed by atoms with Crippen molar-refractivity contribution < 1.29 is 4.79 Å². The number of carbonyl (C=O) groups is 1. The Morgan fingerprint density at radius 3 is 2.86 bits per heavy atom. The van der Waals surface area contributed by atoms with Crippen LogP contribution in [0, 0.1) is 0 Å². The fourth-order valence-corrected chi connectivity index (χ4v) is 2.19. The molecule has 1 atom stereocenters. The van der Waals surface area contributed by atoms with Crippen LogP contribution in [0.15, 0.2) is 24.3 Å². The third-order valence-electron chi connectivity index (χ3n) is 2.89. The Morgan fingerprint density at radius 2 is 2.14 bits per heavy atom. The monoisotopic (exact) mass is 189 g/mol. The normalized spacial score (nSPS) is 23.4. The first-order valence-electron chi connectivity index (χ1n) is 4.95. The maximum Gasteiger partial charge on any atom is 0.142 e. The lowest BCUT2D eigenvalue weighted by Gasteiger charge is -2.36. The Bertz CT molecular complexity index is 357. The molecule has 74 valence electrons. The Kier molecular flexibility index (Phi) is 2.06. The van der Waals surface area contributed by atoms with Gasteiger partial charge in [0.25, 0.3) is 0 Å². The van der Waals surface area contributed by atoms with Gasteiger partial charge in [0.1, 0.15) is 6.29 Å². The smallest absolute Gasteiger partial charge is 0.142 e. The summed E-state index contributed by atoms with van der Waals surface area (Å²) in [4.78, 5) is 10.8. The van der Waals surface area contributed by atoms with Gasteiger partial charge in [-0.05, 0) is 23.5 Å². The molecule has 2 heteroatoms. The van der Waals surface area contributed by atoms with Crippen LogP contribution < -0.4 is 5.32 Å². The van der Waals surface area contributed by atoms with Crippen molar-refractivity contribution in [3.8, 4) is 0 Å². The summed E-state index contributed by atoms with van der Waals surface area (Å²) in [5.74, 6) is 0. The van der Waals surface area contributed by atoms with Gasteiger partial charge in [0, 0.05) is 5.69 Å². The third-order valence-corrected chi connectivity index (χ3v) is 2.89. The van der Waals surface area contributed by atoms with Crippen LogP contribution in [0.3, 0.4) is 0 Å². The molecule has 0 saturated heterocycles. The molecule has 0 spiro atoms. The van der Waals surface area contributed by atoms with Crippen LogP contribution in [0.4, 0.5) is 5.69 Å². The highest BCUT2D eigenvalue weighted by Crippen LogP contribution is 2.38. The van der Waals surface area contributed by atoms with Gasteiger partial charge >= 0.3 is 0 Å². The van der Waals surface area contributed by atoms with Gasteiger partial charge in [-0.3, -0.25) is 0 Å². The van der Waals surface area contributed by atoms with Gasteiger partial charge in [0.15, 0.2) is 0 Å². The molecule has 1 aromatic rings. The number of fused-ring (bicyclic) bond motifs is 1. The fourth-order valence-electron chi connectivity index (χ4n) is 2.19. The number of hydrogen-bond donors (Lipinski definition) is 1. The standard InChI is InChI=1S/C12H15NO/c1-12(2)7-9(8-14)13-11-6-4-3-5-10(11)12/h3-6,8-9,13H,7H2,1-2H3. The van der Waals surface area contributed by atoms with Crippen LogP contribution in [0.2, 0.25) is 0 Å². The highest BCUT2D eigenvalue weighted by molar-refractivity contribution is 5.69. The predicted molar refractivity (Wildman–Crippen MR) is 57.6 cm³/mol. The van der Waals surface area contributed by atoms with Gasteiger partial charge in [0.2, 0.25) is 0 Å². The molecule has 0 aliphatic carbocycles. The van der Waals surface area contributed by atoms with Crippen molar-refractivity contribution in [1.29, 1.82) is 0 Å². The summed E-state index contributed by atoms with van der Waals surface area (Å²) < 4.78 is 0. The number of rotatable bonds is 1. The summed E-state index contributed by atoms with van der Waals surface area (Å²) >= 11 is 0. The molecule has 1 N–H and O–H groups in total. The van der Waals surface area contributed by atoms with Gasteiger partial charge in [-0.1, -0.05) is 32.0 Å². The largest absolute Gasteiger partial charge is 0.375 e. The number of nitrogens with one attached hydrogen (secondary N) is 1. The van der Waals surface area contributed by atoms with Crippen molar-refractivity contribution >= 4 is 12.0 Å². The van der Waals surface area contributed by atoms with E-state index in [1.165, 1.54) is 5.56 Å². The Morgan fingerprint density at radius 1 is 1.43 bits per heavy atom. The predicted octanol–water partition coefficient (Wildman–Crippen LogP) is 2.35. The van der Waals surface area contributed by atoms with E-state index in [9.17, 15) is 4.79 Å². The van der Waals surface area contributed by atoms with E-state index in [-0.39, 0.29) is 11.5 Å². The van der Waals surface area contributed by atoms with Gasteiger partial charge in [-0.15, -0.1) is 0 Å². The minimum Gasteiger partial charge on any atom is -0.375 e. The summed E-state index contributed by atoms with van der Waals surface area (Å²) in [5.41, 5.74) is 2.49. The van der Waals surface area contributed by atoms with Gasteiger partial charge in [-0.2, -0.15) is 0 Å². The zero-order valence-electron chi connectivity index (χ0n) is 8.58. The van der Waals surface area contributed by atoms with E-state index in [2.05, 4.69) is 25.2 Å². The van der Waals surface area contributed by atoms with Gasteiger partial charge in [0.05, 0.1) is 6.04 Å². The first kappa shape index (κ1) is 9.25. The zero-order chi connectivity index (χ0) is 10.2. The number of carbonyl (C=O) groups excluding carboxylic acids is 1. The maximum absolute atomic E-state index is 10.8. The molecule has 1 heterocycles. The van der Waals surface area contributed by atoms with Crippen LogP contribution in [0.1, 0.15) is 25.8 Å². The lowest BCUT2D eigenvalue weighted by atomic mass is 9.76. The van der Waals surface area contributed by atoms with Crippen molar-refractivity contribution in [2.45, 2.75) is 31.7 Å². The third kappa shape index (κ3) is 1.41. The molecule has 0 fully saturated rings. The van der Waals surface area contributed by atoms with E-state index in [1.807, 2.05) is 18.2 Å². The van der Waals surface area contributed by atoms with Crippen molar-refractivity contribution in [1.82, 2.24) is 0 Å². The van der Waals surface area contributed by atoms with E-state index in [0.29, 0.717) is 0 Å². The molecule has 1 unspecified atom stereocenters. The van der Waals surface area contributed by atoms with Crippen molar-refractivity contribution in [2.75, 3.05) is 5.32 Å².